The molecule has 0 radical (unpaired) electrons. The maximum Gasteiger partial charge on any atom is 0.115 e. The number of hydrogen-bond donors (Lipinski definition) is 1. The predicted octanol–water partition coefficient (Wildman–Crippen LogP) is 2.55. The van der Waals surface area contributed by atoms with E-state index in [1.165, 1.54) is 10.4 Å². The van der Waals surface area contributed by atoms with E-state index in [0.29, 0.717) is 0 Å². The normalized spacial score (nSPS) is 12.6. The Bertz CT molecular complexity index is 439. The second-order valence-electron chi connectivity index (χ2n) is 3.62. The molecule has 0 aromatic carbocycles. The summed E-state index contributed by atoms with van der Waals surface area (Å²) in [6.45, 7) is 5.15. The van der Waals surface area contributed by atoms with Gasteiger partial charge in [-0.05, 0) is 36.5 Å². The van der Waals surface area contributed by atoms with Crippen molar-refractivity contribution in [1.29, 1.82) is 0 Å². The van der Waals surface area contributed by atoms with Crippen molar-refractivity contribution in [3.05, 3.63) is 46.2 Å². The predicted molar refractivity (Wildman–Crippen MR) is 66.6 cm³/mol. The zero-order valence-corrected chi connectivity index (χ0v) is 10.3. The van der Waals surface area contributed by atoms with Crippen LogP contribution in [0.1, 0.15) is 29.1 Å². The van der Waals surface area contributed by atoms with Crippen molar-refractivity contribution >= 4 is 11.3 Å². The molecular formula is C12H15N3S. The van der Waals surface area contributed by atoms with Crippen molar-refractivity contribution in [1.82, 2.24) is 15.3 Å². The molecule has 0 spiro atoms. The molecule has 0 aliphatic rings. The zero-order valence-electron chi connectivity index (χ0n) is 9.47. The van der Waals surface area contributed by atoms with Crippen LogP contribution in [0.15, 0.2) is 30.0 Å². The topological polar surface area (TPSA) is 37.8 Å². The molecule has 0 aliphatic heterocycles. The van der Waals surface area contributed by atoms with Gasteiger partial charge in [-0.2, -0.15) is 0 Å². The fourth-order valence-corrected chi connectivity index (χ4v) is 2.41. The standard InChI is InChI=1S/C12H15N3S/c1-3-14-12(10-6-9(2)16-7-10)11-4-5-13-8-15-11/h4-8,12,14H,3H2,1-2H3. The first-order valence-electron chi connectivity index (χ1n) is 5.35. The molecule has 0 saturated carbocycles. The molecule has 0 saturated heterocycles. The zero-order chi connectivity index (χ0) is 11.4. The Morgan fingerprint density at radius 1 is 1.50 bits per heavy atom. The van der Waals surface area contributed by atoms with Gasteiger partial charge in [0.05, 0.1) is 11.7 Å². The van der Waals surface area contributed by atoms with E-state index in [2.05, 4.69) is 40.6 Å². The molecule has 84 valence electrons. The summed E-state index contributed by atoms with van der Waals surface area (Å²) in [7, 11) is 0. The van der Waals surface area contributed by atoms with Crippen LogP contribution >= 0.6 is 11.3 Å². The lowest BCUT2D eigenvalue weighted by atomic mass is 10.1. The average Bonchev–Trinajstić information content (AvgIpc) is 2.74. The molecule has 2 aromatic heterocycles. The van der Waals surface area contributed by atoms with Gasteiger partial charge in [0.1, 0.15) is 6.33 Å². The number of nitrogens with one attached hydrogen (secondary N) is 1. The monoisotopic (exact) mass is 233 g/mol. The van der Waals surface area contributed by atoms with Crippen molar-refractivity contribution in [2.24, 2.45) is 0 Å². The Kier molecular flexibility index (Phi) is 3.64. The van der Waals surface area contributed by atoms with E-state index in [9.17, 15) is 0 Å². The van der Waals surface area contributed by atoms with Gasteiger partial charge < -0.3 is 5.32 Å². The van der Waals surface area contributed by atoms with E-state index >= 15 is 0 Å². The first-order valence-corrected chi connectivity index (χ1v) is 6.23. The highest BCUT2D eigenvalue weighted by Gasteiger charge is 2.14. The molecule has 0 bridgehead atoms. The second kappa shape index (κ2) is 5.18. The first kappa shape index (κ1) is 11.2. The molecule has 1 N–H and O–H groups in total. The molecule has 16 heavy (non-hydrogen) atoms. The number of thiophene rings is 1. The average molecular weight is 233 g/mol. The second-order valence-corrected chi connectivity index (χ2v) is 4.73. The number of aryl methyl sites for hydroxylation is 1. The largest absolute Gasteiger partial charge is 0.305 e. The maximum absolute atomic E-state index is 4.31. The van der Waals surface area contributed by atoms with Gasteiger partial charge in [-0.1, -0.05) is 6.92 Å². The molecule has 0 aliphatic carbocycles. The lowest BCUT2D eigenvalue weighted by Crippen LogP contribution is -2.22. The summed E-state index contributed by atoms with van der Waals surface area (Å²) in [4.78, 5) is 9.59. The van der Waals surface area contributed by atoms with Crippen LogP contribution in [-0.4, -0.2) is 16.5 Å². The molecule has 4 heteroatoms. The van der Waals surface area contributed by atoms with Crippen LogP contribution in [0.5, 0.6) is 0 Å². The van der Waals surface area contributed by atoms with Gasteiger partial charge in [-0.25, -0.2) is 9.97 Å². The fourth-order valence-electron chi connectivity index (χ4n) is 1.68. The smallest absolute Gasteiger partial charge is 0.115 e. The summed E-state index contributed by atoms with van der Waals surface area (Å²) >= 11 is 1.77. The number of aromatic nitrogens is 2. The summed E-state index contributed by atoms with van der Waals surface area (Å²) < 4.78 is 0. The summed E-state index contributed by atoms with van der Waals surface area (Å²) in [6.07, 6.45) is 3.38. The van der Waals surface area contributed by atoms with Gasteiger partial charge in [0.25, 0.3) is 0 Å². The summed E-state index contributed by atoms with van der Waals surface area (Å²) in [5.74, 6) is 0. The van der Waals surface area contributed by atoms with E-state index < -0.39 is 0 Å². The van der Waals surface area contributed by atoms with Crippen molar-refractivity contribution in [2.75, 3.05) is 6.54 Å². The Balaban J connectivity index is 2.31. The third-order valence-electron chi connectivity index (χ3n) is 2.39. The first-order chi connectivity index (χ1) is 7.81. The minimum atomic E-state index is 0.179. The summed E-state index contributed by atoms with van der Waals surface area (Å²) in [6, 6.07) is 4.35. The van der Waals surface area contributed by atoms with Crippen LogP contribution in [0.2, 0.25) is 0 Å². The quantitative estimate of drug-likeness (QED) is 0.882. The van der Waals surface area contributed by atoms with Crippen LogP contribution in [0.25, 0.3) is 0 Å². The molecule has 1 atom stereocenters. The van der Waals surface area contributed by atoms with E-state index in [1.807, 2.05) is 6.07 Å². The maximum atomic E-state index is 4.31. The highest BCUT2D eigenvalue weighted by atomic mass is 32.1. The highest BCUT2D eigenvalue weighted by Crippen LogP contribution is 2.24. The van der Waals surface area contributed by atoms with Crippen molar-refractivity contribution < 1.29 is 0 Å². The Morgan fingerprint density at radius 2 is 2.38 bits per heavy atom. The summed E-state index contributed by atoms with van der Waals surface area (Å²) in [5.41, 5.74) is 2.30. The lowest BCUT2D eigenvalue weighted by molar-refractivity contribution is 0.615. The van der Waals surface area contributed by atoms with Crippen LogP contribution < -0.4 is 5.32 Å². The Hall–Kier alpha value is -1.26. The molecule has 2 heterocycles. The highest BCUT2D eigenvalue weighted by molar-refractivity contribution is 7.10. The van der Waals surface area contributed by atoms with Gasteiger partial charge >= 0.3 is 0 Å². The molecule has 2 rings (SSSR count). The number of nitrogens with zero attached hydrogens (tertiary/aromatic N) is 2. The Morgan fingerprint density at radius 3 is 2.94 bits per heavy atom. The minimum absolute atomic E-state index is 0.179. The van der Waals surface area contributed by atoms with Crippen LogP contribution in [0.4, 0.5) is 0 Å². The van der Waals surface area contributed by atoms with Gasteiger partial charge in [0.2, 0.25) is 0 Å². The van der Waals surface area contributed by atoms with E-state index in [0.717, 1.165) is 12.2 Å². The van der Waals surface area contributed by atoms with E-state index in [1.54, 1.807) is 23.9 Å². The van der Waals surface area contributed by atoms with Crippen molar-refractivity contribution in [3.8, 4) is 0 Å². The molecule has 2 aromatic rings. The van der Waals surface area contributed by atoms with Gasteiger partial charge in [-0.3, -0.25) is 0 Å². The SMILES string of the molecule is CCNC(c1csc(C)c1)c1ccncn1. The van der Waals surface area contributed by atoms with Gasteiger partial charge in [0, 0.05) is 11.1 Å². The van der Waals surface area contributed by atoms with Crippen molar-refractivity contribution in [3.63, 3.8) is 0 Å². The van der Waals surface area contributed by atoms with Crippen LogP contribution in [-0.2, 0) is 0 Å². The van der Waals surface area contributed by atoms with Crippen LogP contribution in [0, 0.1) is 6.92 Å². The van der Waals surface area contributed by atoms with Crippen LogP contribution in [0.3, 0.4) is 0 Å². The van der Waals surface area contributed by atoms with E-state index in [-0.39, 0.29) is 6.04 Å². The third kappa shape index (κ3) is 2.46. The molecule has 0 fully saturated rings. The molecule has 1 unspecified atom stereocenters. The minimum Gasteiger partial charge on any atom is -0.305 e. The number of hydrogen-bond acceptors (Lipinski definition) is 4. The van der Waals surface area contributed by atoms with Gasteiger partial charge in [0.15, 0.2) is 0 Å². The molecule has 3 nitrogen and oxygen atoms in total. The number of rotatable bonds is 4. The Labute approximate surface area is 99.6 Å². The summed E-state index contributed by atoms with van der Waals surface area (Å²) in [5, 5.41) is 5.63. The van der Waals surface area contributed by atoms with Crippen molar-refractivity contribution in [2.45, 2.75) is 19.9 Å². The molecule has 0 amide bonds. The fraction of sp³-hybridized carbons (Fsp3) is 0.333. The van der Waals surface area contributed by atoms with Gasteiger partial charge in [-0.15, -0.1) is 11.3 Å². The molecular weight excluding hydrogens is 218 g/mol. The van der Waals surface area contributed by atoms with E-state index in [4.69, 9.17) is 0 Å². The lowest BCUT2D eigenvalue weighted by Gasteiger charge is -2.15. The third-order valence-corrected chi connectivity index (χ3v) is 3.27.